The van der Waals surface area contributed by atoms with E-state index in [1.54, 1.807) is 25.6 Å². The van der Waals surface area contributed by atoms with Crippen molar-refractivity contribution < 1.29 is 9.47 Å². The number of methoxy groups -OCH3 is 2. The van der Waals surface area contributed by atoms with Crippen LogP contribution in [-0.4, -0.2) is 43.2 Å². The number of nitrogens with zero attached hydrogens (tertiary/aromatic N) is 2. The Labute approximate surface area is 160 Å². The van der Waals surface area contributed by atoms with E-state index >= 15 is 0 Å². The molecule has 1 aliphatic heterocycles. The van der Waals surface area contributed by atoms with E-state index in [4.69, 9.17) is 14.5 Å². The predicted octanol–water partition coefficient (Wildman–Crippen LogP) is 4.95. The molecule has 1 aliphatic carbocycles. The highest BCUT2D eigenvalue weighted by molar-refractivity contribution is 7.10. The molecule has 140 valence electrons. The summed E-state index contributed by atoms with van der Waals surface area (Å²) in [5, 5.41) is 3.47. The molecule has 0 spiro atoms. The molecule has 0 atom stereocenters. The summed E-state index contributed by atoms with van der Waals surface area (Å²) in [6.45, 7) is 2.47. The lowest BCUT2D eigenvalue weighted by Gasteiger charge is -2.35. The molecule has 0 radical (unpaired) electrons. The fourth-order valence-electron chi connectivity index (χ4n) is 4.38. The number of benzene rings is 1. The van der Waals surface area contributed by atoms with Crippen molar-refractivity contribution in [2.24, 2.45) is 0 Å². The molecule has 2 aromatic rings. The van der Waals surface area contributed by atoms with Crippen molar-refractivity contribution in [3.8, 4) is 22.8 Å². The fourth-order valence-corrected chi connectivity index (χ4v) is 5.38. The fraction of sp³-hybridized carbons (Fsp3) is 0.571. The number of aromatic nitrogens is 1. The zero-order valence-corrected chi connectivity index (χ0v) is 16.6. The van der Waals surface area contributed by atoms with Crippen LogP contribution in [0.1, 0.15) is 49.5 Å². The van der Waals surface area contributed by atoms with Crippen LogP contribution >= 0.6 is 11.3 Å². The largest absolute Gasteiger partial charge is 0.493 e. The van der Waals surface area contributed by atoms with E-state index in [1.807, 2.05) is 12.1 Å². The Bertz CT molecular complexity index is 731. The Hall–Kier alpha value is -1.59. The molecule has 1 saturated carbocycles. The number of thiazole rings is 1. The van der Waals surface area contributed by atoms with E-state index < -0.39 is 0 Å². The van der Waals surface area contributed by atoms with Crippen molar-refractivity contribution in [3.05, 3.63) is 28.6 Å². The molecular weight excluding hydrogens is 344 g/mol. The Balaban J connectivity index is 1.43. The first-order valence-electron chi connectivity index (χ1n) is 9.70. The molecule has 0 unspecified atom stereocenters. The van der Waals surface area contributed by atoms with Gasteiger partial charge in [0.2, 0.25) is 0 Å². The molecule has 2 fully saturated rings. The molecule has 2 aliphatic rings. The van der Waals surface area contributed by atoms with E-state index in [9.17, 15) is 0 Å². The summed E-state index contributed by atoms with van der Waals surface area (Å²) < 4.78 is 10.8. The van der Waals surface area contributed by atoms with Gasteiger partial charge in [-0.15, -0.1) is 11.3 Å². The van der Waals surface area contributed by atoms with Gasteiger partial charge in [-0.1, -0.05) is 12.8 Å². The number of piperidine rings is 1. The van der Waals surface area contributed by atoms with Crippen LogP contribution in [0, 0.1) is 0 Å². The molecule has 5 heteroatoms. The minimum absolute atomic E-state index is 0.617. The molecular formula is C21H28N2O2S. The summed E-state index contributed by atoms with van der Waals surface area (Å²) in [7, 11) is 3.34. The van der Waals surface area contributed by atoms with Gasteiger partial charge >= 0.3 is 0 Å². The van der Waals surface area contributed by atoms with Crippen molar-refractivity contribution in [2.75, 3.05) is 27.3 Å². The van der Waals surface area contributed by atoms with Gasteiger partial charge in [0.1, 0.15) is 0 Å². The number of rotatable bonds is 5. The average Bonchev–Trinajstić information content (AvgIpc) is 3.39. The van der Waals surface area contributed by atoms with Crippen molar-refractivity contribution in [2.45, 2.75) is 50.5 Å². The standard InChI is InChI=1S/C21H28N2O2S/c1-24-19-8-7-16(13-20(19)25-2)18-14-26-21(22-18)15-9-11-23(12-10-15)17-5-3-4-6-17/h7-8,13-15,17H,3-6,9-12H2,1-2H3. The molecule has 0 N–H and O–H groups in total. The third-order valence-electron chi connectivity index (χ3n) is 5.92. The highest BCUT2D eigenvalue weighted by Crippen LogP contribution is 2.37. The first-order valence-corrected chi connectivity index (χ1v) is 10.6. The summed E-state index contributed by atoms with van der Waals surface area (Å²) in [5.41, 5.74) is 2.14. The molecule has 0 bridgehead atoms. The number of hydrogen-bond acceptors (Lipinski definition) is 5. The van der Waals surface area contributed by atoms with Crippen LogP contribution in [0.25, 0.3) is 11.3 Å². The minimum atomic E-state index is 0.617. The smallest absolute Gasteiger partial charge is 0.161 e. The number of ether oxygens (including phenoxy) is 2. The minimum Gasteiger partial charge on any atom is -0.493 e. The molecule has 4 rings (SSSR count). The molecule has 4 nitrogen and oxygen atoms in total. The molecule has 0 amide bonds. The second-order valence-corrected chi connectivity index (χ2v) is 8.28. The predicted molar refractivity (Wildman–Crippen MR) is 106 cm³/mol. The van der Waals surface area contributed by atoms with Crippen LogP contribution in [0.5, 0.6) is 11.5 Å². The Morgan fingerprint density at radius 1 is 1.00 bits per heavy atom. The second kappa shape index (κ2) is 7.97. The summed E-state index contributed by atoms with van der Waals surface area (Å²) in [6.07, 6.45) is 8.15. The summed E-state index contributed by atoms with van der Waals surface area (Å²) in [6, 6.07) is 6.88. The van der Waals surface area contributed by atoms with Crippen molar-refractivity contribution in [1.82, 2.24) is 9.88 Å². The first-order chi connectivity index (χ1) is 12.8. The zero-order valence-electron chi connectivity index (χ0n) is 15.7. The van der Waals surface area contributed by atoms with Gasteiger partial charge in [0.25, 0.3) is 0 Å². The van der Waals surface area contributed by atoms with Crippen LogP contribution in [-0.2, 0) is 0 Å². The summed E-state index contributed by atoms with van der Waals surface area (Å²) in [5.74, 6) is 2.13. The lowest BCUT2D eigenvalue weighted by atomic mass is 9.96. The third kappa shape index (κ3) is 3.60. The maximum Gasteiger partial charge on any atom is 0.161 e. The van der Waals surface area contributed by atoms with Crippen molar-refractivity contribution in [1.29, 1.82) is 0 Å². The van der Waals surface area contributed by atoms with E-state index in [2.05, 4.69) is 16.3 Å². The van der Waals surface area contributed by atoms with Gasteiger partial charge in [-0.05, 0) is 57.0 Å². The second-order valence-electron chi connectivity index (χ2n) is 7.39. The van der Waals surface area contributed by atoms with Gasteiger partial charge in [-0.3, -0.25) is 0 Å². The Kier molecular flexibility index (Phi) is 5.46. The van der Waals surface area contributed by atoms with Gasteiger partial charge in [-0.25, -0.2) is 4.98 Å². The van der Waals surface area contributed by atoms with E-state index in [0.29, 0.717) is 5.92 Å². The molecule has 1 aromatic heterocycles. The topological polar surface area (TPSA) is 34.6 Å². The molecule has 2 heterocycles. The summed E-state index contributed by atoms with van der Waals surface area (Å²) >= 11 is 1.81. The molecule has 26 heavy (non-hydrogen) atoms. The zero-order chi connectivity index (χ0) is 17.9. The quantitative estimate of drug-likeness (QED) is 0.744. The SMILES string of the molecule is COc1ccc(-c2csc(C3CCN(C4CCCC4)CC3)n2)cc1OC. The monoisotopic (exact) mass is 372 g/mol. The lowest BCUT2D eigenvalue weighted by Crippen LogP contribution is -2.39. The van der Waals surface area contributed by atoms with E-state index in [-0.39, 0.29) is 0 Å². The average molecular weight is 373 g/mol. The van der Waals surface area contributed by atoms with Gasteiger partial charge in [0.05, 0.1) is 24.9 Å². The summed E-state index contributed by atoms with van der Waals surface area (Å²) in [4.78, 5) is 7.69. The maximum absolute atomic E-state index is 5.43. The first kappa shape index (κ1) is 17.8. The van der Waals surface area contributed by atoms with Crippen LogP contribution in [0.15, 0.2) is 23.6 Å². The van der Waals surface area contributed by atoms with E-state index in [1.165, 1.54) is 56.6 Å². The van der Waals surface area contributed by atoms with Gasteiger partial charge < -0.3 is 14.4 Å². The van der Waals surface area contributed by atoms with Crippen LogP contribution in [0.3, 0.4) is 0 Å². The highest BCUT2D eigenvalue weighted by atomic mass is 32.1. The Morgan fingerprint density at radius 2 is 1.73 bits per heavy atom. The third-order valence-corrected chi connectivity index (χ3v) is 6.93. The van der Waals surface area contributed by atoms with Crippen LogP contribution in [0.4, 0.5) is 0 Å². The van der Waals surface area contributed by atoms with Gasteiger partial charge in [0.15, 0.2) is 11.5 Å². The lowest BCUT2D eigenvalue weighted by molar-refractivity contribution is 0.154. The Morgan fingerprint density at radius 3 is 2.42 bits per heavy atom. The van der Waals surface area contributed by atoms with Crippen molar-refractivity contribution in [3.63, 3.8) is 0 Å². The highest BCUT2D eigenvalue weighted by Gasteiger charge is 2.28. The number of likely N-dealkylation sites (tertiary alicyclic amines) is 1. The van der Waals surface area contributed by atoms with Crippen LogP contribution < -0.4 is 9.47 Å². The maximum atomic E-state index is 5.43. The normalized spacial score (nSPS) is 19.8. The van der Waals surface area contributed by atoms with Gasteiger partial charge in [-0.2, -0.15) is 0 Å². The molecule has 1 aromatic carbocycles. The van der Waals surface area contributed by atoms with Crippen LogP contribution in [0.2, 0.25) is 0 Å². The van der Waals surface area contributed by atoms with Gasteiger partial charge in [0, 0.05) is 22.9 Å². The van der Waals surface area contributed by atoms with Crippen molar-refractivity contribution >= 4 is 11.3 Å². The molecule has 1 saturated heterocycles. The number of hydrogen-bond donors (Lipinski definition) is 0. The van der Waals surface area contributed by atoms with E-state index in [0.717, 1.165) is 28.8 Å².